The van der Waals surface area contributed by atoms with Crippen LogP contribution in [0.5, 0.6) is 0 Å². The topological polar surface area (TPSA) is 63.6 Å². The number of alkyl halides is 6. The maximum absolute atomic E-state index is 15.2. The fourth-order valence-corrected chi connectivity index (χ4v) is 4.74. The van der Waals surface area contributed by atoms with Gasteiger partial charge in [-0.15, -0.1) is 13.2 Å². The number of aromatic amines is 1. The number of ketones is 1. The predicted octanol–water partition coefficient (Wildman–Crippen LogP) is 6.20. The second kappa shape index (κ2) is 8.14. The van der Waals surface area contributed by atoms with Crippen molar-refractivity contribution >= 4 is 16.8 Å². The third-order valence-electron chi connectivity index (χ3n) is 6.31. The summed E-state index contributed by atoms with van der Waals surface area (Å²) in [7, 11) is 0. The minimum absolute atomic E-state index is 0.255. The molecular formula is C23H14F8N4O. The summed E-state index contributed by atoms with van der Waals surface area (Å²) in [6, 6.07) is 5.91. The zero-order chi connectivity index (χ0) is 26.0. The number of halogens is 8. The smallest absolute Gasteiger partial charge is 0.345 e. The molecule has 13 heteroatoms. The van der Waals surface area contributed by atoms with E-state index >= 15 is 8.78 Å². The van der Waals surface area contributed by atoms with Crippen molar-refractivity contribution in [3.05, 3.63) is 71.8 Å². The molecule has 2 heterocycles. The number of imidazole rings is 1. The largest absolute Gasteiger partial charge is 0.504 e. The van der Waals surface area contributed by atoms with Gasteiger partial charge >= 0.3 is 12.5 Å². The maximum atomic E-state index is 15.2. The van der Waals surface area contributed by atoms with Crippen molar-refractivity contribution < 1.29 is 39.9 Å². The lowest BCUT2D eigenvalue weighted by Gasteiger charge is -2.44. The number of rotatable bonds is 4. The normalized spacial score (nSPS) is 20.7. The summed E-state index contributed by atoms with van der Waals surface area (Å²) in [6.07, 6.45) is -8.54. The molecule has 5 rings (SSSR count). The highest BCUT2D eigenvalue weighted by Crippen LogP contribution is 2.55. The number of aromatic nitrogens is 4. The number of carbonyl (C=O) groups excluding carboxylic acids is 1. The Labute approximate surface area is 196 Å². The van der Waals surface area contributed by atoms with E-state index in [1.807, 2.05) is 0 Å². The molecule has 5 nitrogen and oxygen atoms in total. The summed E-state index contributed by atoms with van der Waals surface area (Å²) < 4.78 is 108. The van der Waals surface area contributed by atoms with E-state index in [9.17, 15) is 31.1 Å². The van der Waals surface area contributed by atoms with Crippen LogP contribution in [0, 0.1) is 17.6 Å². The van der Waals surface area contributed by atoms with E-state index in [1.54, 1.807) is 0 Å². The molecule has 1 unspecified atom stereocenters. The van der Waals surface area contributed by atoms with E-state index in [-0.39, 0.29) is 21.4 Å². The number of hydrogen-bond acceptors (Lipinski definition) is 3. The molecule has 2 aromatic carbocycles. The lowest BCUT2D eigenvalue weighted by molar-refractivity contribution is -0.212. The Kier molecular flexibility index (Phi) is 5.41. The second-order valence-electron chi connectivity index (χ2n) is 8.51. The molecule has 1 aliphatic carbocycles. The molecule has 3 atom stereocenters. The van der Waals surface area contributed by atoms with Gasteiger partial charge in [-0.1, -0.05) is 6.07 Å². The number of nitrogens with one attached hydrogen (secondary N) is 1. The van der Waals surface area contributed by atoms with Crippen molar-refractivity contribution in [1.82, 2.24) is 19.7 Å². The van der Waals surface area contributed by atoms with E-state index in [0.717, 1.165) is 18.3 Å². The van der Waals surface area contributed by atoms with E-state index in [4.69, 9.17) is 0 Å². The van der Waals surface area contributed by atoms with Crippen molar-refractivity contribution in [2.24, 2.45) is 5.92 Å². The fourth-order valence-electron chi connectivity index (χ4n) is 4.74. The van der Waals surface area contributed by atoms with Crippen LogP contribution in [0.25, 0.3) is 22.2 Å². The molecule has 0 radical (unpaired) electrons. The molecule has 1 aliphatic rings. The van der Waals surface area contributed by atoms with Crippen LogP contribution in [0.3, 0.4) is 0 Å². The van der Waals surface area contributed by atoms with Gasteiger partial charge in [0.2, 0.25) is 0 Å². The van der Waals surface area contributed by atoms with Gasteiger partial charge in [0.25, 0.3) is 0 Å². The molecule has 188 valence electrons. The highest BCUT2D eigenvalue weighted by Gasteiger charge is 2.56. The molecule has 0 amide bonds. The van der Waals surface area contributed by atoms with E-state index in [2.05, 4.69) is 15.1 Å². The average molecular weight is 514 g/mol. The summed E-state index contributed by atoms with van der Waals surface area (Å²) in [5, 5.41) is 3.11. The van der Waals surface area contributed by atoms with Crippen LogP contribution in [-0.2, 0) is 11.1 Å². The quantitative estimate of drug-likeness (QED) is 0.330. The molecule has 0 saturated heterocycles. The Bertz CT molecular complexity index is 1450. The van der Waals surface area contributed by atoms with Crippen LogP contribution in [0.15, 0.2) is 49.1 Å². The molecule has 36 heavy (non-hydrogen) atoms. The van der Waals surface area contributed by atoms with Gasteiger partial charge in [0, 0.05) is 29.2 Å². The minimum Gasteiger partial charge on any atom is -0.345 e. The van der Waals surface area contributed by atoms with Crippen LogP contribution in [-0.4, -0.2) is 31.7 Å². The number of benzene rings is 2. The van der Waals surface area contributed by atoms with Crippen LogP contribution in [0.1, 0.15) is 29.4 Å². The van der Waals surface area contributed by atoms with Crippen molar-refractivity contribution in [1.29, 1.82) is 0 Å². The Morgan fingerprint density at radius 3 is 2.28 bits per heavy atom. The number of carbonyl (C=O) groups is 1. The second-order valence-corrected chi connectivity index (χ2v) is 8.51. The van der Waals surface area contributed by atoms with E-state index < -0.39 is 59.6 Å². The summed E-state index contributed by atoms with van der Waals surface area (Å²) in [5.41, 5.74) is -0.0153. The standard InChI is InChI=1S/C23H14F8N4O/c24-14-3-11(12-7-34-35(8-12)23(29,30)31)4-15(25)20(14)19-13(6-22(26,27)28)21(36)18(19)10-1-2-16-17(5-10)33-9-32-16/h1-5,7-9,13,18-19H,6H2,(H,32,33)/t13-,18?,19+/m1/s1. The van der Waals surface area contributed by atoms with Crippen LogP contribution < -0.4 is 0 Å². The fraction of sp³-hybridized carbons (Fsp3) is 0.261. The van der Waals surface area contributed by atoms with Crippen molar-refractivity contribution in [3.8, 4) is 11.1 Å². The van der Waals surface area contributed by atoms with Crippen molar-refractivity contribution in [2.75, 3.05) is 0 Å². The first kappa shape index (κ1) is 23.9. The first-order valence-electron chi connectivity index (χ1n) is 10.5. The Hall–Kier alpha value is -3.77. The molecule has 1 saturated carbocycles. The molecule has 2 aromatic heterocycles. The van der Waals surface area contributed by atoms with Gasteiger partial charge in [0.15, 0.2) is 0 Å². The summed E-state index contributed by atoms with van der Waals surface area (Å²) in [4.78, 5) is 19.6. The number of fused-ring (bicyclic) bond motifs is 1. The van der Waals surface area contributed by atoms with Gasteiger partial charge in [-0.2, -0.15) is 23.0 Å². The minimum atomic E-state index is -4.85. The first-order chi connectivity index (χ1) is 16.8. The van der Waals surface area contributed by atoms with Crippen LogP contribution in [0.4, 0.5) is 35.1 Å². The molecule has 1 N–H and O–H groups in total. The van der Waals surface area contributed by atoms with Gasteiger partial charge in [-0.25, -0.2) is 13.8 Å². The SMILES string of the molecule is O=C1C(c2ccc3nc[nH]c3c2)[C@@H](c2c(F)cc(-c3cnn(C(F)(F)F)c3)cc2F)[C@H]1CC(F)(F)F. The zero-order valence-electron chi connectivity index (χ0n) is 17.8. The molecule has 4 aromatic rings. The van der Waals surface area contributed by atoms with E-state index in [0.29, 0.717) is 17.2 Å². The van der Waals surface area contributed by atoms with Gasteiger partial charge in [0.1, 0.15) is 17.4 Å². The molecule has 0 spiro atoms. The average Bonchev–Trinajstić information content (AvgIpc) is 3.45. The number of Topliss-reactive ketones (excluding diaryl/α,β-unsaturated/α-hetero) is 1. The summed E-state index contributed by atoms with van der Waals surface area (Å²) in [5.74, 6) is -7.83. The highest BCUT2D eigenvalue weighted by atomic mass is 19.4. The monoisotopic (exact) mass is 514 g/mol. The van der Waals surface area contributed by atoms with Crippen LogP contribution in [0.2, 0.25) is 0 Å². The van der Waals surface area contributed by atoms with Gasteiger partial charge in [-0.3, -0.25) is 4.79 Å². The first-order valence-corrected chi connectivity index (χ1v) is 10.5. The summed E-state index contributed by atoms with van der Waals surface area (Å²) >= 11 is 0. The third-order valence-corrected chi connectivity index (χ3v) is 6.31. The Morgan fingerprint density at radius 1 is 0.972 bits per heavy atom. The number of nitrogens with zero attached hydrogens (tertiary/aromatic N) is 3. The van der Waals surface area contributed by atoms with Crippen LogP contribution >= 0.6 is 0 Å². The lowest BCUT2D eigenvalue weighted by atomic mass is 9.57. The molecule has 0 bridgehead atoms. The number of H-pyrrole nitrogens is 1. The zero-order valence-corrected chi connectivity index (χ0v) is 17.8. The molecular weight excluding hydrogens is 500 g/mol. The molecule has 0 aliphatic heterocycles. The highest BCUT2D eigenvalue weighted by molar-refractivity contribution is 5.97. The number of hydrogen-bond donors (Lipinski definition) is 1. The Morgan fingerprint density at radius 2 is 1.67 bits per heavy atom. The van der Waals surface area contributed by atoms with Crippen molar-refractivity contribution in [2.45, 2.75) is 30.7 Å². The molecule has 1 fully saturated rings. The van der Waals surface area contributed by atoms with Gasteiger partial charge in [0.05, 0.1) is 35.9 Å². The van der Waals surface area contributed by atoms with Crippen molar-refractivity contribution in [3.63, 3.8) is 0 Å². The predicted molar refractivity (Wildman–Crippen MR) is 110 cm³/mol. The van der Waals surface area contributed by atoms with Gasteiger partial charge in [-0.05, 0) is 35.4 Å². The summed E-state index contributed by atoms with van der Waals surface area (Å²) in [6.45, 7) is 0. The van der Waals surface area contributed by atoms with Gasteiger partial charge < -0.3 is 4.98 Å². The van der Waals surface area contributed by atoms with E-state index in [1.165, 1.54) is 24.5 Å². The Balaban J connectivity index is 1.57. The lowest BCUT2D eigenvalue weighted by Crippen LogP contribution is -2.46. The maximum Gasteiger partial charge on any atom is 0.504 e. The third kappa shape index (κ3) is 4.11.